The van der Waals surface area contributed by atoms with E-state index in [9.17, 15) is 4.79 Å². The molecule has 3 heterocycles. The van der Waals surface area contributed by atoms with E-state index in [1.165, 1.54) is 0 Å². The summed E-state index contributed by atoms with van der Waals surface area (Å²) in [6, 6.07) is 0. The topological polar surface area (TPSA) is 89.9 Å². The number of carbonyl (C=O) groups is 1. The third kappa shape index (κ3) is 3.89. The van der Waals surface area contributed by atoms with Crippen molar-refractivity contribution < 1.29 is 9.53 Å². The Labute approximate surface area is 138 Å². The molecule has 1 saturated heterocycles. The van der Waals surface area contributed by atoms with Gasteiger partial charge >= 0.3 is 0 Å². The largest absolute Gasteiger partial charge is 0.370 e. The van der Waals surface area contributed by atoms with Crippen molar-refractivity contribution in [2.75, 3.05) is 6.61 Å². The Morgan fingerprint density at radius 2 is 2.22 bits per heavy atom. The maximum atomic E-state index is 12.1. The molecule has 0 spiro atoms. The zero-order valence-corrected chi connectivity index (χ0v) is 13.8. The number of rotatable bonds is 5. The molecule has 1 unspecified atom stereocenters. The van der Waals surface area contributed by atoms with Crippen molar-refractivity contribution in [3.8, 4) is 0 Å². The number of carbonyl (C=O) groups excluding carboxylic acids is 1. The normalized spacial score (nSPS) is 17.9. The summed E-state index contributed by atoms with van der Waals surface area (Å²) in [6.07, 6.45) is 7.40. The number of amides is 1. The Kier molecular flexibility index (Phi) is 5.24. The third-order valence-corrected chi connectivity index (χ3v) is 4.51. The number of aryl methyl sites for hydroxylation is 1. The summed E-state index contributed by atoms with van der Waals surface area (Å²) in [5, 5.41) is 6.80. The molecule has 23 heavy (non-hydrogen) atoms. The lowest BCUT2D eigenvalue weighted by atomic mass is 10.1. The van der Waals surface area contributed by atoms with Crippen molar-refractivity contribution in [1.29, 1.82) is 0 Å². The lowest BCUT2D eigenvalue weighted by Gasteiger charge is -2.21. The third-order valence-electron chi connectivity index (χ3n) is 3.74. The van der Waals surface area contributed by atoms with Gasteiger partial charge in [-0.15, -0.1) is 5.10 Å². The fourth-order valence-electron chi connectivity index (χ4n) is 2.44. The van der Waals surface area contributed by atoms with E-state index in [1.54, 1.807) is 12.4 Å². The summed E-state index contributed by atoms with van der Waals surface area (Å²) in [7, 11) is 0. The summed E-state index contributed by atoms with van der Waals surface area (Å²) < 4.78 is 9.49. The van der Waals surface area contributed by atoms with Crippen LogP contribution in [0.3, 0.4) is 0 Å². The molecule has 1 aliphatic rings. The smallest absolute Gasteiger partial charge is 0.265 e. The Hall–Kier alpha value is -1.93. The highest BCUT2D eigenvalue weighted by molar-refractivity contribution is 7.08. The van der Waals surface area contributed by atoms with Gasteiger partial charge in [0.1, 0.15) is 11.0 Å². The SMILES string of the molecule is CCc1nnsc1C(=O)NCc1cnc(C2CCCCO2)nc1. The minimum atomic E-state index is -0.156. The number of ether oxygens (including phenoxy) is 1. The van der Waals surface area contributed by atoms with E-state index in [0.29, 0.717) is 17.8 Å². The molecule has 2 aromatic heterocycles. The van der Waals surface area contributed by atoms with Crippen LogP contribution in [0.1, 0.15) is 59.0 Å². The average Bonchev–Trinajstić information content (AvgIpc) is 3.10. The number of aromatic nitrogens is 4. The number of nitrogens with one attached hydrogen (secondary N) is 1. The Morgan fingerprint density at radius 3 is 2.91 bits per heavy atom. The van der Waals surface area contributed by atoms with Crippen molar-refractivity contribution in [3.63, 3.8) is 0 Å². The second-order valence-corrected chi connectivity index (χ2v) is 6.14. The predicted octanol–water partition coefficient (Wildman–Crippen LogP) is 2.06. The van der Waals surface area contributed by atoms with E-state index >= 15 is 0 Å². The van der Waals surface area contributed by atoms with Gasteiger partial charge in [-0.3, -0.25) is 4.79 Å². The lowest BCUT2D eigenvalue weighted by Crippen LogP contribution is -2.23. The summed E-state index contributed by atoms with van der Waals surface area (Å²) in [4.78, 5) is 21.4. The van der Waals surface area contributed by atoms with Crippen LogP contribution in [0.5, 0.6) is 0 Å². The van der Waals surface area contributed by atoms with Crippen LogP contribution in [0.4, 0.5) is 0 Å². The molecule has 0 saturated carbocycles. The summed E-state index contributed by atoms with van der Waals surface area (Å²) in [5.41, 5.74) is 1.59. The molecule has 1 fully saturated rings. The molecule has 2 aromatic rings. The van der Waals surface area contributed by atoms with Crippen LogP contribution in [-0.4, -0.2) is 32.1 Å². The summed E-state index contributed by atoms with van der Waals surface area (Å²) in [6.45, 7) is 3.10. The summed E-state index contributed by atoms with van der Waals surface area (Å²) in [5.74, 6) is 0.566. The highest BCUT2D eigenvalue weighted by Gasteiger charge is 2.19. The lowest BCUT2D eigenvalue weighted by molar-refractivity contribution is 0.00940. The van der Waals surface area contributed by atoms with Gasteiger partial charge in [-0.2, -0.15) is 0 Å². The van der Waals surface area contributed by atoms with Crippen molar-refractivity contribution in [1.82, 2.24) is 24.9 Å². The van der Waals surface area contributed by atoms with Gasteiger partial charge < -0.3 is 10.1 Å². The molecule has 0 aromatic carbocycles. The van der Waals surface area contributed by atoms with E-state index in [2.05, 4.69) is 24.9 Å². The summed E-state index contributed by atoms with van der Waals surface area (Å²) >= 11 is 1.12. The number of hydrogen-bond donors (Lipinski definition) is 1. The minimum Gasteiger partial charge on any atom is -0.370 e. The maximum absolute atomic E-state index is 12.1. The van der Waals surface area contributed by atoms with Crippen LogP contribution in [0.15, 0.2) is 12.4 Å². The van der Waals surface area contributed by atoms with E-state index in [4.69, 9.17) is 4.74 Å². The first-order valence-corrected chi connectivity index (χ1v) is 8.57. The molecular formula is C15H19N5O2S. The second kappa shape index (κ2) is 7.56. The van der Waals surface area contributed by atoms with Gasteiger partial charge in [0.25, 0.3) is 5.91 Å². The van der Waals surface area contributed by atoms with Crippen molar-refractivity contribution >= 4 is 17.4 Å². The number of hydrogen-bond acceptors (Lipinski definition) is 7. The van der Waals surface area contributed by atoms with Gasteiger partial charge in [-0.25, -0.2) is 9.97 Å². The van der Waals surface area contributed by atoms with Gasteiger partial charge in [0.15, 0.2) is 5.82 Å². The Balaban J connectivity index is 1.57. The van der Waals surface area contributed by atoms with Crippen LogP contribution < -0.4 is 5.32 Å². The monoisotopic (exact) mass is 333 g/mol. The Morgan fingerprint density at radius 1 is 1.39 bits per heavy atom. The standard InChI is InChI=1S/C15H19N5O2S/c1-2-11-13(23-20-19-11)15(21)18-9-10-7-16-14(17-8-10)12-5-3-4-6-22-12/h7-8,12H,2-6,9H2,1H3,(H,18,21). The van der Waals surface area contributed by atoms with Gasteiger partial charge in [-0.1, -0.05) is 11.4 Å². The van der Waals surface area contributed by atoms with Gasteiger partial charge in [0.2, 0.25) is 0 Å². The van der Waals surface area contributed by atoms with E-state index < -0.39 is 0 Å². The highest BCUT2D eigenvalue weighted by Crippen LogP contribution is 2.24. The molecule has 1 amide bonds. The first-order chi connectivity index (χ1) is 11.3. The first kappa shape index (κ1) is 15.9. The molecule has 0 radical (unpaired) electrons. The first-order valence-electron chi connectivity index (χ1n) is 7.79. The Bertz CT molecular complexity index is 652. The van der Waals surface area contributed by atoms with Crippen LogP contribution in [-0.2, 0) is 17.7 Å². The molecule has 3 rings (SSSR count). The fourth-order valence-corrected chi connectivity index (χ4v) is 3.11. The molecule has 1 atom stereocenters. The minimum absolute atomic E-state index is 0.00257. The van der Waals surface area contributed by atoms with Gasteiger partial charge in [0, 0.05) is 31.1 Å². The zero-order chi connectivity index (χ0) is 16.1. The fraction of sp³-hybridized carbons (Fsp3) is 0.533. The number of nitrogens with zero attached hydrogens (tertiary/aromatic N) is 4. The van der Waals surface area contributed by atoms with Crippen molar-refractivity contribution in [3.05, 3.63) is 34.4 Å². The molecule has 122 valence electrons. The zero-order valence-electron chi connectivity index (χ0n) is 13.0. The molecule has 8 heteroatoms. The average molecular weight is 333 g/mol. The van der Waals surface area contributed by atoms with Crippen LogP contribution >= 0.6 is 11.5 Å². The second-order valence-electron chi connectivity index (χ2n) is 5.39. The highest BCUT2D eigenvalue weighted by atomic mass is 32.1. The molecule has 0 bridgehead atoms. The van der Waals surface area contributed by atoms with Crippen molar-refractivity contribution in [2.45, 2.75) is 45.3 Å². The van der Waals surface area contributed by atoms with Gasteiger partial charge in [0.05, 0.1) is 5.69 Å². The maximum Gasteiger partial charge on any atom is 0.265 e. The van der Waals surface area contributed by atoms with Crippen LogP contribution in [0.25, 0.3) is 0 Å². The van der Waals surface area contributed by atoms with Crippen molar-refractivity contribution in [2.24, 2.45) is 0 Å². The quantitative estimate of drug-likeness (QED) is 0.901. The molecule has 0 aliphatic carbocycles. The predicted molar refractivity (Wildman–Crippen MR) is 85.0 cm³/mol. The van der Waals surface area contributed by atoms with E-state index in [-0.39, 0.29) is 12.0 Å². The molecule has 7 nitrogen and oxygen atoms in total. The van der Waals surface area contributed by atoms with E-state index in [1.807, 2.05) is 6.92 Å². The molecule has 1 N–H and O–H groups in total. The van der Waals surface area contributed by atoms with E-state index in [0.717, 1.165) is 54.5 Å². The van der Waals surface area contributed by atoms with Gasteiger partial charge in [-0.05, 0) is 37.2 Å². The molecular weight excluding hydrogens is 314 g/mol. The van der Waals surface area contributed by atoms with Crippen LogP contribution in [0, 0.1) is 0 Å². The molecule has 1 aliphatic heterocycles. The van der Waals surface area contributed by atoms with Crippen LogP contribution in [0.2, 0.25) is 0 Å².